The van der Waals surface area contributed by atoms with Crippen molar-refractivity contribution < 1.29 is 4.79 Å². The predicted molar refractivity (Wildman–Crippen MR) is 55.7 cm³/mol. The number of nitrogens with zero attached hydrogens (tertiary/aromatic N) is 1. The monoisotopic (exact) mass is 186 g/mol. The van der Waals surface area contributed by atoms with Crippen LogP contribution in [0.3, 0.4) is 0 Å². The second kappa shape index (κ2) is 8.05. The van der Waals surface area contributed by atoms with Crippen molar-refractivity contribution in [3.8, 4) is 0 Å². The third kappa shape index (κ3) is 7.78. The Kier molecular flexibility index (Phi) is 7.69. The van der Waals surface area contributed by atoms with Crippen LogP contribution in [0.15, 0.2) is 0 Å². The van der Waals surface area contributed by atoms with Crippen molar-refractivity contribution in [1.82, 2.24) is 10.2 Å². The first-order valence-electron chi connectivity index (χ1n) is 5.17. The fraction of sp³-hybridized carbons (Fsp3) is 0.900. The smallest absolute Gasteiger partial charge is 0.216 e. The van der Waals surface area contributed by atoms with Gasteiger partial charge in [0.25, 0.3) is 0 Å². The SMILES string of the molecule is CCN(CC)CCCCNC(C)=O. The molecule has 0 spiro atoms. The normalized spacial score (nSPS) is 10.5. The van der Waals surface area contributed by atoms with Crippen molar-refractivity contribution >= 4 is 5.91 Å². The summed E-state index contributed by atoms with van der Waals surface area (Å²) >= 11 is 0. The number of carbonyl (C=O) groups excluding carboxylic acids is 1. The highest BCUT2D eigenvalue weighted by molar-refractivity contribution is 5.72. The topological polar surface area (TPSA) is 32.3 Å². The molecule has 1 N–H and O–H groups in total. The Bertz CT molecular complexity index is 133. The molecule has 0 saturated carbocycles. The summed E-state index contributed by atoms with van der Waals surface area (Å²) in [7, 11) is 0. The van der Waals surface area contributed by atoms with Crippen molar-refractivity contribution in [2.75, 3.05) is 26.2 Å². The molecule has 78 valence electrons. The molecule has 0 atom stereocenters. The number of rotatable bonds is 7. The van der Waals surface area contributed by atoms with Gasteiger partial charge in [0, 0.05) is 13.5 Å². The van der Waals surface area contributed by atoms with E-state index >= 15 is 0 Å². The van der Waals surface area contributed by atoms with Gasteiger partial charge in [-0.15, -0.1) is 0 Å². The molecule has 0 aromatic heterocycles. The molecule has 0 aliphatic rings. The second-order valence-corrected chi connectivity index (χ2v) is 3.22. The fourth-order valence-corrected chi connectivity index (χ4v) is 1.26. The molecule has 3 nitrogen and oxygen atoms in total. The molecule has 0 saturated heterocycles. The summed E-state index contributed by atoms with van der Waals surface area (Å²) in [5, 5.41) is 2.80. The van der Waals surface area contributed by atoms with Crippen LogP contribution in [-0.2, 0) is 4.79 Å². The van der Waals surface area contributed by atoms with Crippen LogP contribution in [0, 0.1) is 0 Å². The van der Waals surface area contributed by atoms with E-state index in [0.29, 0.717) is 0 Å². The van der Waals surface area contributed by atoms with Gasteiger partial charge >= 0.3 is 0 Å². The fourth-order valence-electron chi connectivity index (χ4n) is 1.26. The molecule has 0 fully saturated rings. The lowest BCUT2D eigenvalue weighted by molar-refractivity contribution is -0.118. The van der Waals surface area contributed by atoms with E-state index < -0.39 is 0 Å². The maximum Gasteiger partial charge on any atom is 0.216 e. The molecule has 0 heterocycles. The Morgan fingerprint density at radius 2 is 1.85 bits per heavy atom. The Hall–Kier alpha value is -0.570. The molecular weight excluding hydrogens is 164 g/mol. The van der Waals surface area contributed by atoms with E-state index in [0.717, 1.165) is 32.6 Å². The van der Waals surface area contributed by atoms with Crippen LogP contribution in [0.5, 0.6) is 0 Å². The van der Waals surface area contributed by atoms with Crippen molar-refractivity contribution in [3.63, 3.8) is 0 Å². The number of amides is 1. The van der Waals surface area contributed by atoms with Gasteiger partial charge in [0.15, 0.2) is 0 Å². The van der Waals surface area contributed by atoms with Crippen molar-refractivity contribution in [3.05, 3.63) is 0 Å². The first kappa shape index (κ1) is 12.4. The van der Waals surface area contributed by atoms with Crippen LogP contribution < -0.4 is 5.32 Å². The molecule has 0 radical (unpaired) electrons. The molecule has 0 bridgehead atoms. The summed E-state index contributed by atoms with van der Waals surface area (Å²) in [5.74, 6) is 0.0721. The Balaban J connectivity index is 3.19. The largest absolute Gasteiger partial charge is 0.356 e. The summed E-state index contributed by atoms with van der Waals surface area (Å²) in [5.41, 5.74) is 0. The minimum atomic E-state index is 0.0721. The summed E-state index contributed by atoms with van der Waals surface area (Å²) < 4.78 is 0. The highest BCUT2D eigenvalue weighted by atomic mass is 16.1. The van der Waals surface area contributed by atoms with Crippen LogP contribution in [0.2, 0.25) is 0 Å². The lowest BCUT2D eigenvalue weighted by atomic mass is 10.3. The Morgan fingerprint density at radius 3 is 2.31 bits per heavy atom. The zero-order chi connectivity index (χ0) is 10.1. The van der Waals surface area contributed by atoms with Crippen LogP contribution in [0.1, 0.15) is 33.6 Å². The van der Waals surface area contributed by atoms with E-state index in [1.165, 1.54) is 6.42 Å². The van der Waals surface area contributed by atoms with Crippen LogP contribution >= 0.6 is 0 Å². The number of hydrogen-bond acceptors (Lipinski definition) is 2. The number of carbonyl (C=O) groups is 1. The molecular formula is C10H22N2O. The molecule has 1 amide bonds. The van der Waals surface area contributed by atoms with Crippen molar-refractivity contribution in [2.45, 2.75) is 33.6 Å². The maximum absolute atomic E-state index is 10.5. The summed E-state index contributed by atoms with van der Waals surface area (Å²) in [6.07, 6.45) is 2.25. The molecule has 0 rings (SSSR count). The molecule has 0 aliphatic heterocycles. The van der Waals surface area contributed by atoms with Gasteiger partial charge in [-0.25, -0.2) is 0 Å². The van der Waals surface area contributed by atoms with Crippen molar-refractivity contribution in [2.24, 2.45) is 0 Å². The van der Waals surface area contributed by atoms with E-state index in [2.05, 4.69) is 24.1 Å². The second-order valence-electron chi connectivity index (χ2n) is 3.22. The van der Waals surface area contributed by atoms with Crippen LogP contribution in [0.25, 0.3) is 0 Å². The van der Waals surface area contributed by atoms with E-state index in [-0.39, 0.29) is 5.91 Å². The summed E-state index contributed by atoms with van der Waals surface area (Å²) in [6.45, 7) is 10.1. The van der Waals surface area contributed by atoms with Gasteiger partial charge in [-0.3, -0.25) is 4.79 Å². The third-order valence-corrected chi connectivity index (χ3v) is 2.17. The third-order valence-electron chi connectivity index (χ3n) is 2.17. The number of hydrogen-bond donors (Lipinski definition) is 1. The molecule has 0 aliphatic carbocycles. The molecule has 13 heavy (non-hydrogen) atoms. The van der Waals surface area contributed by atoms with Crippen LogP contribution in [0.4, 0.5) is 0 Å². The predicted octanol–water partition coefficient (Wildman–Crippen LogP) is 1.24. The Labute approximate surface area is 81.5 Å². The standard InChI is InChI=1S/C10H22N2O/c1-4-12(5-2)9-7-6-8-11-10(3)13/h4-9H2,1-3H3,(H,11,13). The number of unbranched alkanes of at least 4 members (excludes halogenated alkanes) is 1. The highest BCUT2D eigenvalue weighted by Crippen LogP contribution is 1.93. The minimum absolute atomic E-state index is 0.0721. The van der Waals surface area contributed by atoms with Gasteiger partial charge < -0.3 is 10.2 Å². The summed E-state index contributed by atoms with van der Waals surface area (Å²) in [4.78, 5) is 12.9. The van der Waals surface area contributed by atoms with Gasteiger partial charge in [0.05, 0.1) is 0 Å². The van der Waals surface area contributed by atoms with Crippen LogP contribution in [-0.4, -0.2) is 37.0 Å². The average Bonchev–Trinajstić information content (AvgIpc) is 2.11. The van der Waals surface area contributed by atoms with E-state index in [4.69, 9.17) is 0 Å². The van der Waals surface area contributed by atoms with Gasteiger partial charge in [0.1, 0.15) is 0 Å². The van der Waals surface area contributed by atoms with E-state index in [1.54, 1.807) is 6.92 Å². The zero-order valence-corrected chi connectivity index (χ0v) is 9.10. The highest BCUT2D eigenvalue weighted by Gasteiger charge is 1.97. The summed E-state index contributed by atoms with van der Waals surface area (Å²) in [6, 6.07) is 0. The molecule has 0 aromatic carbocycles. The van der Waals surface area contributed by atoms with E-state index in [9.17, 15) is 4.79 Å². The van der Waals surface area contributed by atoms with Crippen molar-refractivity contribution in [1.29, 1.82) is 0 Å². The van der Waals surface area contributed by atoms with Gasteiger partial charge in [0.2, 0.25) is 5.91 Å². The molecule has 3 heteroatoms. The lowest BCUT2D eigenvalue weighted by Crippen LogP contribution is -2.26. The first-order chi connectivity index (χ1) is 6.20. The number of nitrogens with one attached hydrogen (secondary N) is 1. The quantitative estimate of drug-likeness (QED) is 0.607. The van der Waals surface area contributed by atoms with Gasteiger partial charge in [-0.1, -0.05) is 13.8 Å². The van der Waals surface area contributed by atoms with Gasteiger partial charge in [-0.2, -0.15) is 0 Å². The van der Waals surface area contributed by atoms with E-state index in [1.807, 2.05) is 0 Å². The Morgan fingerprint density at radius 1 is 1.23 bits per heavy atom. The maximum atomic E-state index is 10.5. The zero-order valence-electron chi connectivity index (χ0n) is 9.10. The molecule has 0 unspecified atom stereocenters. The average molecular weight is 186 g/mol. The van der Waals surface area contributed by atoms with Gasteiger partial charge in [-0.05, 0) is 32.5 Å². The first-order valence-corrected chi connectivity index (χ1v) is 5.17. The lowest BCUT2D eigenvalue weighted by Gasteiger charge is -2.17. The minimum Gasteiger partial charge on any atom is -0.356 e. The molecule has 0 aromatic rings.